The van der Waals surface area contributed by atoms with Crippen LogP contribution in [0.1, 0.15) is 20.8 Å². The summed E-state index contributed by atoms with van der Waals surface area (Å²) in [5.41, 5.74) is 0. The van der Waals surface area contributed by atoms with Crippen molar-refractivity contribution in [2.45, 2.75) is 26.0 Å². The van der Waals surface area contributed by atoms with Gasteiger partial charge in [-0.2, -0.15) is 0 Å². The lowest BCUT2D eigenvalue weighted by Crippen LogP contribution is -2.27. The summed E-state index contributed by atoms with van der Waals surface area (Å²) >= 11 is 0. The predicted molar refractivity (Wildman–Crippen MR) is 59.1 cm³/mol. The SMILES string of the molecule is CC1CN(C)CC1CS(=O)(=O)C(C)C. The van der Waals surface area contributed by atoms with Gasteiger partial charge in [0.15, 0.2) is 9.84 Å². The summed E-state index contributed by atoms with van der Waals surface area (Å²) in [4.78, 5) is 2.21. The van der Waals surface area contributed by atoms with Crippen LogP contribution in [0.25, 0.3) is 0 Å². The maximum atomic E-state index is 11.7. The molecule has 1 aliphatic heterocycles. The van der Waals surface area contributed by atoms with Crippen LogP contribution >= 0.6 is 0 Å². The van der Waals surface area contributed by atoms with Crippen LogP contribution in [0.2, 0.25) is 0 Å². The fraction of sp³-hybridized carbons (Fsp3) is 1.00. The van der Waals surface area contributed by atoms with Gasteiger partial charge in [-0.1, -0.05) is 6.92 Å². The molecular formula is C10H21NO2S. The van der Waals surface area contributed by atoms with E-state index in [4.69, 9.17) is 0 Å². The molecule has 0 aromatic rings. The molecule has 0 aromatic heterocycles. The van der Waals surface area contributed by atoms with E-state index in [1.165, 1.54) is 0 Å². The van der Waals surface area contributed by atoms with Crippen molar-refractivity contribution in [3.8, 4) is 0 Å². The van der Waals surface area contributed by atoms with E-state index in [0.717, 1.165) is 13.1 Å². The molecule has 1 heterocycles. The highest BCUT2D eigenvalue weighted by atomic mass is 32.2. The van der Waals surface area contributed by atoms with E-state index in [1.54, 1.807) is 13.8 Å². The molecule has 0 radical (unpaired) electrons. The minimum atomic E-state index is -2.86. The zero-order valence-electron chi connectivity index (χ0n) is 9.53. The van der Waals surface area contributed by atoms with Gasteiger partial charge in [0.05, 0.1) is 11.0 Å². The van der Waals surface area contributed by atoms with Crippen molar-refractivity contribution in [3.63, 3.8) is 0 Å². The van der Waals surface area contributed by atoms with Crippen molar-refractivity contribution in [2.24, 2.45) is 11.8 Å². The summed E-state index contributed by atoms with van der Waals surface area (Å²) < 4.78 is 23.4. The van der Waals surface area contributed by atoms with Crippen LogP contribution in [0.15, 0.2) is 0 Å². The van der Waals surface area contributed by atoms with Gasteiger partial charge < -0.3 is 4.90 Å². The third kappa shape index (κ3) is 2.70. The average Bonchev–Trinajstić information content (AvgIpc) is 2.29. The van der Waals surface area contributed by atoms with Crippen molar-refractivity contribution < 1.29 is 8.42 Å². The van der Waals surface area contributed by atoms with Crippen LogP contribution in [0, 0.1) is 11.8 Å². The molecule has 0 spiro atoms. The molecule has 1 rings (SSSR count). The highest BCUT2D eigenvalue weighted by Gasteiger charge is 2.32. The van der Waals surface area contributed by atoms with E-state index < -0.39 is 9.84 Å². The lowest BCUT2D eigenvalue weighted by molar-refractivity contribution is 0.398. The Morgan fingerprint density at radius 3 is 2.29 bits per heavy atom. The van der Waals surface area contributed by atoms with E-state index in [9.17, 15) is 8.42 Å². The first kappa shape index (κ1) is 12.0. The molecular weight excluding hydrogens is 198 g/mol. The summed E-state index contributed by atoms with van der Waals surface area (Å²) in [6, 6.07) is 0. The molecule has 4 heteroatoms. The number of rotatable bonds is 3. The number of likely N-dealkylation sites (tertiary alicyclic amines) is 1. The first-order valence-electron chi connectivity index (χ1n) is 5.23. The predicted octanol–water partition coefficient (Wildman–Crippen LogP) is 1.01. The quantitative estimate of drug-likeness (QED) is 0.711. The summed E-state index contributed by atoms with van der Waals surface area (Å²) in [6.07, 6.45) is 0. The Morgan fingerprint density at radius 2 is 1.93 bits per heavy atom. The van der Waals surface area contributed by atoms with Crippen LogP contribution in [-0.2, 0) is 9.84 Å². The zero-order valence-corrected chi connectivity index (χ0v) is 10.3. The molecule has 1 saturated heterocycles. The first-order valence-corrected chi connectivity index (χ1v) is 6.94. The van der Waals surface area contributed by atoms with Crippen molar-refractivity contribution in [1.29, 1.82) is 0 Å². The number of nitrogens with zero attached hydrogens (tertiary/aromatic N) is 1. The number of hydrogen-bond donors (Lipinski definition) is 0. The Labute approximate surface area is 87.4 Å². The Hall–Kier alpha value is -0.0900. The molecule has 0 bridgehead atoms. The Balaban J connectivity index is 2.62. The van der Waals surface area contributed by atoms with E-state index in [0.29, 0.717) is 17.6 Å². The second-order valence-corrected chi connectivity index (χ2v) is 7.44. The molecule has 0 saturated carbocycles. The van der Waals surface area contributed by atoms with Gasteiger partial charge >= 0.3 is 0 Å². The van der Waals surface area contributed by atoms with Crippen molar-refractivity contribution in [3.05, 3.63) is 0 Å². The normalized spacial score (nSPS) is 30.1. The van der Waals surface area contributed by atoms with E-state index in [2.05, 4.69) is 18.9 Å². The van der Waals surface area contributed by atoms with Gasteiger partial charge in [0.2, 0.25) is 0 Å². The van der Waals surface area contributed by atoms with Crippen LogP contribution in [0.4, 0.5) is 0 Å². The largest absolute Gasteiger partial charge is 0.306 e. The summed E-state index contributed by atoms with van der Waals surface area (Å²) in [6.45, 7) is 7.62. The minimum Gasteiger partial charge on any atom is -0.306 e. The van der Waals surface area contributed by atoms with Crippen molar-refractivity contribution >= 4 is 9.84 Å². The smallest absolute Gasteiger partial charge is 0.152 e. The second-order valence-electron chi connectivity index (χ2n) is 4.84. The van der Waals surface area contributed by atoms with Crippen LogP contribution in [0.3, 0.4) is 0 Å². The third-order valence-corrected chi connectivity index (χ3v) is 5.44. The van der Waals surface area contributed by atoms with Crippen LogP contribution in [-0.4, -0.2) is 44.5 Å². The molecule has 0 aromatic carbocycles. The molecule has 14 heavy (non-hydrogen) atoms. The molecule has 1 aliphatic rings. The second kappa shape index (κ2) is 4.19. The Bertz CT molecular complexity index is 284. The topological polar surface area (TPSA) is 37.4 Å². The van der Waals surface area contributed by atoms with Crippen molar-refractivity contribution in [1.82, 2.24) is 4.90 Å². The lowest BCUT2D eigenvalue weighted by Gasteiger charge is -2.16. The zero-order chi connectivity index (χ0) is 10.9. The maximum absolute atomic E-state index is 11.7. The summed E-state index contributed by atoms with van der Waals surface area (Å²) in [5.74, 6) is 1.19. The van der Waals surface area contributed by atoms with Crippen LogP contribution in [0.5, 0.6) is 0 Å². The third-order valence-electron chi connectivity index (χ3n) is 3.12. The molecule has 0 N–H and O–H groups in total. The average molecular weight is 219 g/mol. The fourth-order valence-corrected chi connectivity index (χ4v) is 3.42. The number of hydrogen-bond acceptors (Lipinski definition) is 3. The standard InChI is InChI=1S/C10H21NO2S/c1-8(2)14(12,13)7-10-6-11(4)5-9(10)3/h8-10H,5-7H2,1-4H3. The van der Waals surface area contributed by atoms with E-state index in [1.807, 2.05) is 0 Å². The maximum Gasteiger partial charge on any atom is 0.152 e. The number of sulfone groups is 1. The van der Waals surface area contributed by atoms with Gasteiger partial charge in [-0.3, -0.25) is 0 Å². The molecule has 2 atom stereocenters. The molecule has 2 unspecified atom stereocenters. The Kier molecular flexibility index (Phi) is 3.58. The molecule has 84 valence electrons. The van der Waals surface area contributed by atoms with Crippen molar-refractivity contribution in [2.75, 3.05) is 25.9 Å². The van der Waals surface area contributed by atoms with E-state index >= 15 is 0 Å². The molecule has 0 aliphatic carbocycles. The first-order chi connectivity index (χ1) is 6.33. The van der Waals surface area contributed by atoms with Gasteiger partial charge in [-0.05, 0) is 32.7 Å². The highest BCUT2D eigenvalue weighted by molar-refractivity contribution is 7.91. The van der Waals surface area contributed by atoms with Gasteiger partial charge in [-0.25, -0.2) is 8.42 Å². The van der Waals surface area contributed by atoms with E-state index in [-0.39, 0.29) is 5.25 Å². The minimum absolute atomic E-state index is 0.236. The summed E-state index contributed by atoms with van der Waals surface area (Å²) in [5, 5.41) is -0.236. The van der Waals surface area contributed by atoms with Crippen LogP contribution < -0.4 is 0 Å². The Morgan fingerprint density at radius 1 is 1.36 bits per heavy atom. The molecule has 1 fully saturated rings. The van der Waals surface area contributed by atoms with Gasteiger partial charge in [0.25, 0.3) is 0 Å². The fourth-order valence-electron chi connectivity index (χ4n) is 2.00. The lowest BCUT2D eigenvalue weighted by atomic mass is 10.0. The molecule has 0 amide bonds. The highest BCUT2D eigenvalue weighted by Crippen LogP contribution is 2.24. The monoisotopic (exact) mass is 219 g/mol. The summed E-state index contributed by atoms with van der Waals surface area (Å²) in [7, 11) is -0.811. The van der Waals surface area contributed by atoms with Gasteiger partial charge in [0.1, 0.15) is 0 Å². The molecule has 3 nitrogen and oxygen atoms in total. The van der Waals surface area contributed by atoms with Gasteiger partial charge in [0, 0.05) is 13.1 Å². The van der Waals surface area contributed by atoms with Gasteiger partial charge in [-0.15, -0.1) is 0 Å².